The molecule has 1 aliphatic rings. The van der Waals surface area contributed by atoms with Crippen molar-refractivity contribution in [1.29, 1.82) is 0 Å². The SMILES string of the molecule is Cn1cc(C2CN(C(=O)c3noc(-c4cccc(F)c4)n3)Cc3ccccc32)cn1. The van der Waals surface area contributed by atoms with Crippen molar-refractivity contribution in [3.63, 3.8) is 0 Å². The molecule has 0 saturated heterocycles. The van der Waals surface area contributed by atoms with Gasteiger partial charge in [-0.15, -0.1) is 0 Å². The van der Waals surface area contributed by atoms with Gasteiger partial charge in [-0.3, -0.25) is 9.48 Å². The normalized spacial score (nSPS) is 15.8. The smallest absolute Gasteiger partial charge is 0.295 e. The van der Waals surface area contributed by atoms with Crippen molar-refractivity contribution < 1.29 is 13.7 Å². The van der Waals surface area contributed by atoms with Gasteiger partial charge in [0.15, 0.2) is 0 Å². The van der Waals surface area contributed by atoms with Crippen LogP contribution in [0.4, 0.5) is 4.39 Å². The summed E-state index contributed by atoms with van der Waals surface area (Å²) < 4.78 is 20.5. The quantitative estimate of drug-likeness (QED) is 0.524. The van der Waals surface area contributed by atoms with Crippen LogP contribution >= 0.6 is 0 Å². The molecule has 0 spiro atoms. The summed E-state index contributed by atoms with van der Waals surface area (Å²) in [6.07, 6.45) is 3.79. The molecule has 0 bridgehead atoms. The lowest BCUT2D eigenvalue weighted by molar-refractivity contribution is 0.0709. The number of aryl methyl sites for hydroxylation is 1. The number of hydrogen-bond acceptors (Lipinski definition) is 5. The molecule has 2 aromatic heterocycles. The van der Waals surface area contributed by atoms with Crippen molar-refractivity contribution in [3.05, 3.63) is 89.3 Å². The Morgan fingerprint density at radius 3 is 2.87 bits per heavy atom. The number of aromatic nitrogens is 4. The van der Waals surface area contributed by atoms with E-state index in [-0.39, 0.29) is 23.5 Å². The van der Waals surface area contributed by atoms with Crippen molar-refractivity contribution in [2.75, 3.05) is 6.54 Å². The van der Waals surface area contributed by atoms with E-state index in [1.54, 1.807) is 21.7 Å². The van der Waals surface area contributed by atoms with Crippen LogP contribution in [0.1, 0.15) is 33.2 Å². The third-order valence-corrected chi connectivity index (χ3v) is 5.30. The molecule has 0 aliphatic carbocycles. The molecule has 0 radical (unpaired) electrons. The molecule has 8 heteroatoms. The molecule has 150 valence electrons. The van der Waals surface area contributed by atoms with E-state index in [1.807, 2.05) is 37.6 Å². The molecule has 30 heavy (non-hydrogen) atoms. The summed E-state index contributed by atoms with van der Waals surface area (Å²) >= 11 is 0. The molecule has 0 saturated carbocycles. The van der Waals surface area contributed by atoms with Gasteiger partial charge in [0.05, 0.1) is 6.20 Å². The molecule has 7 nitrogen and oxygen atoms in total. The Labute approximate surface area is 171 Å². The average Bonchev–Trinajstić information content (AvgIpc) is 3.42. The van der Waals surface area contributed by atoms with E-state index in [4.69, 9.17) is 4.52 Å². The first-order chi connectivity index (χ1) is 14.6. The summed E-state index contributed by atoms with van der Waals surface area (Å²) in [6.45, 7) is 0.932. The van der Waals surface area contributed by atoms with E-state index in [0.29, 0.717) is 18.7 Å². The molecule has 0 N–H and O–H groups in total. The fourth-order valence-corrected chi connectivity index (χ4v) is 3.86. The van der Waals surface area contributed by atoms with E-state index in [1.165, 1.54) is 17.7 Å². The fraction of sp³-hybridized carbons (Fsp3) is 0.182. The Bertz CT molecular complexity index is 1230. The molecule has 2 aromatic carbocycles. The van der Waals surface area contributed by atoms with Crippen molar-refractivity contribution in [2.45, 2.75) is 12.5 Å². The van der Waals surface area contributed by atoms with Crippen LogP contribution in [-0.2, 0) is 13.6 Å². The molecular weight excluding hydrogens is 385 g/mol. The van der Waals surface area contributed by atoms with Crippen LogP contribution < -0.4 is 0 Å². The van der Waals surface area contributed by atoms with E-state index in [9.17, 15) is 9.18 Å². The number of benzene rings is 2. The van der Waals surface area contributed by atoms with Crippen LogP contribution in [0, 0.1) is 5.82 Å². The third kappa shape index (κ3) is 3.26. The van der Waals surface area contributed by atoms with Gasteiger partial charge in [0, 0.05) is 37.8 Å². The van der Waals surface area contributed by atoms with Gasteiger partial charge in [0.1, 0.15) is 5.82 Å². The zero-order valence-electron chi connectivity index (χ0n) is 16.2. The lowest BCUT2D eigenvalue weighted by atomic mass is 9.86. The first-order valence-electron chi connectivity index (χ1n) is 9.54. The minimum atomic E-state index is -0.412. The second-order valence-electron chi connectivity index (χ2n) is 7.32. The van der Waals surface area contributed by atoms with Crippen molar-refractivity contribution in [1.82, 2.24) is 24.8 Å². The van der Waals surface area contributed by atoms with Gasteiger partial charge in [-0.05, 0) is 34.9 Å². The fourth-order valence-electron chi connectivity index (χ4n) is 3.86. The summed E-state index contributed by atoms with van der Waals surface area (Å²) in [5.41, 5.74) is 3.72. The maximum absolute atomic E-state index is 13.5. The van der Waals surface area contributed by atoms with E-state index < -0.39 is 5.82 Å². The number of hydrogen-bond donors (Lipinski definition) is 0. The zero-order chi connectivity index (χ0) is 20.7. The standard InChI is InChI=1S/C22H18FN5O2/c1-27-11-16(10-24-27)19-13-28(12-15-5-2-3-8-18(15)19)22(29)20-25-21(30-26-20)14-6-4-7-17(23)9-14/h2-11,19H,12-13H2,1H3. The summed E-state index contributed by atoms with van der Waals surface area (Å²) in [7, 11) is 1.87. The van der Waals surface area contributed by atoms with Gasteiger partial charge in [0.2, 0.25) is 0 Å². The molecule has 1 aliphatic heterocycles. The summed E-state index contributed by atoms with van der Waals surface area (Å²) in [4.78, 5) is 19.1. The largest absolute Gasteiger partial charge is 0.333 e. The van der Waals surface area contributed by atoms with Gasteiger partial charge in [0.25, 0.3) is 17.6 Å². The van der Waals surface area contributed by atoms with Crippen LogP contribution in [0.5, 0.6) is 0 Å². The highest BCUT2D eigenvalue weighted by atomic mass is 19.1. The van der Waals surface area contributed by atoms with E-state index >= 15 is 0 Å². The van der Waals surface area contributed by atoms with Crippen molar-refractivity contribution in [3.8, 4) is 11.5 Å². The van der Waals surface area contributed by atoms with E-state index in [2.05, 4.69) is 21.3 Å². The third-order valence-electron chi connectivity index (χ3n) is 5.30. The first kappa shape index (κ1) is 18.2. The number of rotatable bonds is 3. The number of halogens is 1. The molecule has 1 atom stereocenters. The van der Waals surface area contributed by atoms with Gasteiger partial charge in [-0.25, -0.2) is 4.39 Å². The maximum Gasteiger partial charge on any atom is 0.295 e. The Hall–Kier alpha value is -3.81. The number of amides is 1. The topological polar surface area (TPSA) is 77.0 Å². The number of nitrogens with zero attached hydrogens (tertiary/aromatic N) is 5. The van der Waals surface area contributed by atoms with Crippen LogP contribution in [-0.4, -0.2) is 37.3 Å². The molecular formula is C22H18FN5O2. The molecule has 0 fully saturated rings. The Morgan fingerprint density at radius 1 is 1.20 bits per heavy atom. The van der Waals surface area contributed by atoms with Gasteiger partial charge in [-0.2, -0.15) is 10.1 Å². The second-order valence-corrected chi connectivity index (χ2v) is 7.32. The predicted octanol–water partition coefficient (Wildman–Crippen LogP) is 3.40. The summed E-state index contributed by atoms with van der Waals surface area (Å²) in [6, 6.07) is 13.9. The van der Waals surface area contributed by atoms with Crippen LogP contribution in [0.15, 0.2) is 65.4 Å². The summed E-state index contributed by atoms with van der Waals surface area (Å²) in [5, 5.41) is 8.12. The van der Waals surface area contributed by atoms with Gasteiger partial charge >= 0.3 is 0 Å². The van der Waals surface area contributed by atoms with Crippen LogP contribution in [0.25, 0.3) is 11.5 Å². The molecule has 1 unspecified atom stereocenters. The zero-order valence-corrected chi connectivity index (χ0v) is 16.2. The first-order valence-corrected chi connectivity index (χ1v) is 9.54. The number of carbonyl (C=O) groups is 1. The highest BCUT2D eigenvalue weighted by Crippen LogP contribution is 2.33. The molecule has 5 rings (SSSR count). The maximum atomic E-state index is 13.5. The summed E-state index contributed by atoms with van der Waals surface area (Å²) in [5.74, 6) is -0.671. The highest BCUT2D eigenvalue weighted by Gasteiger charge is 2.32. The predicted molar refractivity (Wildman–Crippen MR) is 106 cm³/mol. The second kappa shape index (κ2) is 7.22. The monoisotopic (exact) mass is 403 g/mol. The average molecular weight is 403 g/mol. The number of fused-ring (bicyclic) bond motifs is 1. The van der Waals surface area contributed by atoms with Gasteiger partial charge < -0.3 is 9.42 Å². The minimum absolute atomic E-state index is 0.00203. The Morgan fingerprint density at radius 2 is 2.07 bits per heavy atom. The highest BCUT2D eigenvalue weighted by molar-refractivity contribution is 5.91. The Kier molecular flexibility index (Phi) is 4.39. The van der Waals surface area contributed by atoms with Crippen LogP contribution in [0.2, 0.25) is 0 Å². The molecule has 4 aromatic rings. The number of carbonyl (C=O) groups excluding carboxylic acids is 1. The Balaban J connectivity index is 1.45. The molecule has 3 heterocycles. The van der Waals surface area contributed by atoms with E-state index in [0.717, 1.165) is 11.1 Å². The van der Waals surface area contributed by atoms with Gasteiger partial charge in [-0.1, -0.05) is 35.5 Å². The molecule has 1 amide bonds. The van der Waals surface area contributed by atoms with Crippen molar-refractivity contribution in [2.24, 2.45) is 7.05 Å². The van der Waals surface area contributed by atoms with Crippen molar-refractivity contribution >= 4 is 5.91 Å². The van der Waals surface area contributed by atoms with Crippen LogP contribution in [0.3, 0.4) is 0 Å². The lowest BCUT2D eigenvalue weighted by Crippen LogP contribution is -2.39. The minimum Gasteiger partial charge on any atom is -0.333 e. The lowest BCUT2D eigenvalue weighted by Gasteiger charge is -2.33.